The first-order chi connectivity index (χ1) is 14.7. The molecule has 0 bridgehead atoms. The summed E-state index contributed by atoms with van der Waals surface area (Å²) in [7, 11) is 1.83. The molecule has 0 radical (unpaired) electrons. The van der Waals surface area contributed by atoms with Crippen LogP contribution in [0.2, 0.25) is 0 Å². The molecule has 1 unspecified atom stereocenters. The summed E-state index contributed by atoms with van der Waals surface area (Å²) in [6.07, 6.45) is 2.04. The second kappa shape index (κ2) is 10.2. The summed E-state index contributed by atoms with van der Waals surface area (Å²) in [5, 5.41) is 12.5. The van der Waals surface area contributed by atoms with Crippen LogP contribution in [-0.4, -0.2) is 42.5 Å². The van der Waals surface area contributed by atoms with E-state index in [2.05, 4.69) is 72.7 Å². The van der Waals surface area contributed by atoms with E-state index in [-0.39, 0.29) is 0 Å². The van der Waals surface area contributed by atoms with Gasteiger partial charge in [0.15, 0.2) is 5.96 Å². The number of aliphatic imine (C=N–C) groups is 1. The SMILES string of the molecule is CN=C(NCCc1csc(C)n1)NCC(c1ccccc1)N1CCc2sccc2C1. The number of thiazole rings is 1. The summed E-state index contributed by atoms with van der Waals surface area (Å²) in [5.41, 5.74) is 3.97. The molecule has 1 aromatic carbocycles. The molecule has 0 saturated carbocycles. The first-order valence-corrected chi connectivity index (χ1v) is 12.2. The maximum atomic E-state index is 4.53. The molecule has 5 nitrogen and oxygen atoms in total. The Morgan fingerprint density at radius 3 is 2.83 bits per heavy atom. The van der Waals surface area contributed by atoms with E-state index in [1.165, 1.54) is 11.1 Å². The van der Waals surface area contributed by atoms with Crippen LogP contribution in [0.4, 0.5) is 0 Å². The highest BCUT2D eigenvalue weighted by molar-refractivity contribution is 7.10. The number of guanidine groups is 1. The minimum atomic E-state index is 0.305. The molecule has 3 heterocycles. The van der Waals surface area contributed by atoms with Crippen LogP contribution in [0.3, 0.4) is 0 Å². The first-order valence-electron chi connectivity index (χ1n) is 10.4. The molecule has 1 atom stereocenters. The van der Waals surface area contributed by atoms with Crippen molar-refractivity contribution in [3.05, 3.63) is 73.9 Å². The lowest BCUT2D eigenvalue weighted by molar-refractivity contribution is 0.181. The van der Waals surface area contributed by atoms with Crippen molar-refractivity contribution in [3.63, 3.8) is 0 Å². The minimum Gasteiger partial charge on any atom is -0.356 e. The quantitative estimate of drug-likeness (QED) is 0.431. The molecule has 2 aromatic heterocycles. The standard InChI is InChI=1S/C23H29N5S2/c1-17-27-20(16-30-17)8-11-25-23(24-2)26-14-21(18-6-4-3-5-7-18)28-12-9-22-19(15-28)10-13-29-22/h3-7,10,13,16,21H,8-9,11-12,14-15H2,1-2H3,(H2,24,25,26). The van der Waals surface area contributed by atoms with Gasteiger partial charge in [-0.25, -0.2) is 4.98 Å². The topological polar surface area (TPSA) is 52.6 Å². The number of rotatable bonds is 7. The Morgan fingerprint density at radius 1 is 1.20 bits per heavy atom. The van der Waals surface area contributed by atoms with Gasteiger partial charge in [-0.15, -0.1) is 22.7 Å². The molecular weight excluding hydrogens is 410 g/mol. The number of benzene rings is 1. The first kappa shape index (κ1) is 21.0. The molecule has 30 heavy (non-hydrogen) atoms. The van der Waals surface area contributed by atoms with Gasteiger partial charge in [0.1, 0.15) is 0 Å². The highest BCUT2D eigenvalue weighted by atomic mass is 32.1. The Labute approximate surface area is 186 Å². The monoisotopic (exact) mass is 439 g/mol. The van der Waals surface area contributed by atoms with Gasteiger partial charge in [0.05, 0.1) is 16.7 Å². The van der Waals surface area contributed by atoms with Gasteiger partial charge >= 0.3 is 0 Å². The van der Waals surface area contributed by atoms with Crippen molar-refractivity contribution < 1.29 is 0 Å². The van der Waals surface area contributed by atoms with Crippen LogP contribution in [0.25, 0.3) is 0 Å². The maximum Gasteiger partial charge on any atom is 0.191 e. The van der Waals surface area contributed by atoms with Crippen molar-refractivity contribution in [2.24, 2.45) is 4.99 Å². The third-order valence-corrected chi connectivity index (χ3v) is 7.33. The van der Waals surface area contributed by atoms with Crippen LogP contribution < -0.4 is 10.6 Å². The van der Waals surface area contributed by atoms with E-state index in [9.17, 15) is 0 Å². The largest absolute Gasteiger partial charge is 0.356 e. The van der Waals surface area contributed by atoms with Gasteiger partial charge in [-0.1, -0.05) is 30.3 Å². The number of hydrogen-bond donors (Lipinski definition) is 2. The predicted molar refractivity (Wildman–Crippen MR) is 128 cm³/mol. The highest BCUT2D eigenvalue weighted by Gasteiger charge is 2.25. The third kappa shape index (κ3) is 5.28. The highest BCUT2D eigenvalue weighted by Crippen LogP contribution is 2.30. The van der Waals surface area contributed by atoms with Crippen molar-refractivity contribution in [1.82, 2.24) is 20.5 Å². The normalized spacial score (nSPS) is 15.6. The minimum absolute atomic E-state index is 0.305. The summed E-state index contributed by atoms with van der Waals surface area (Å²) < 4.78 is 0. The number of thiophene rings is 1. The number of fused-ring (bicyclic) bond motifs is 1. The number of aromatic nitrogens is 1. The zero-order chi connectivity index (χ0) is 20.8. The summed E-state index contributed by atoms with van der Waals surface area (Å²) in [5.74, 6) is 0.844. The fraction of sp³-hybridized carbons (Fsp3) is 0.391. The number of aryl methyl sites for hydroxylation is 1. The van der Waals surface area contributed by atoms with Crippen LogP contribution in [0, 0.1) is 6.92 Å². The maximum absolute atomic E-state index is 4.53. The second-order valence-corrected chi connectivity index (χ2v) is 9.57. The fourth-order valence-electron chi connectivity index (χ4n) is 3.92. The molecule has 0 spiro atoms. The molecule has 3 aromatic rings. The van der Waals surface area contributed by atoms with E-state index in [1.807, 2.05) is 25.3 Å². The molecular formula is C23H29N5S2. The van der Waals surface area contributed by atoms with Gasteiger partial charge in [0.2, 0.25) is 0 Å². The molecule has 1 aliphatic heterocycles. The van der Waals surface area contributed by atoms with Gasteiger partial charge in [0, 0.05) is 49.9 Å². The van der Waals surface area contributed by atoms with Gasteiger partial charge in [-0.05, 0) is 35.9 Å². The van der Waals surface area contributed by atoms with Gasteiger partial charge in [0.25, 0.3) is 0 Å². The lowest BCUT2D eigenvalue weighted by Gasteiger charge is -2.35. The fourth-order valence-corrected chi connectivity index (χ4v) is 5.45. The third-order valence-electron chi connectivity index (χ3n) is 5.49. The van der Waals surface area contributed by atoms with Gasteiger partial charge in [-0.3, -0.25) is 9.89 Å². The number of nitrogens with one attached hydrogen (secondary N) is 2. The average Bonchev–Trinajstić information content (AvgIpc) is 3.41. The van der Waals surface area contributed by atoms with Crippen molar-refractivity contribution in [1.29, 1.82) is 0 Å². The van der Waals surface area contributed by atoms with Crippen LogP contribution in [0.1, 0.15) is 32.7 Å². The molecule has 0 aliphatic carbocycles. The van der Waals surface area contributed by atoms with Gasteiger partial charge < -0.3 is 10.6 Å². The molecule has 0 fully saturated rings. The lowest BCUT2D eigenvalue weighted by Crippen LogP contribution is -2.44. The van der Waals surface area contributed by atoms with E-state index in [4.69, 9.17) is 0 Å². The van der Waals surface area contributed by atoms with Crippen LogP contribution in [-0.2, 0) is 19.4 Å². The lowest BCUT2D eigenvalue weighted by atomic mass is 10.0. The van der Waals surface area contributed by atoms with E-state index < -0.39 is 0 Å². The Bertz CT molecular complexity index is 963. The molecule has 0 amide bonds. The smallest absolute Gasteiger partial charge is 0.191 e. The van der Waals surface area contributed by atoms with Crippen molar-refractivity contribution >= 4 is 28.6 Å². The van der Waals surface area contributed by atoms with Crippen molar-refractivity contribution in [2.75, 3.05) is 26.7 Å². The van der Waals surface area contributed by atoms with Crippen molar-refractivity contribution in [3.8, 4) is 0 Å². The Kier molecular flexibility index (Phi) is 7.15. The molecule has 4 rings (SSSR count). The molecule has 2 N–H and O–H groups in total. The van der Waals surface area contributed by atoms with Crippen LogP contribution in [0.5, 0.6) is 0 Å². The summed E-state index contributed by atoms with van der Waals surface area (Å²) in [4.78, 5) is 13.1. The van der Waals surface area contributed by atoms with Gasteiger partial charge in [-0.2, -0.15) is 0 Å². The zero-order valence-electron chi connectivity index (χ0n) is 17.6. The van der Waals surface area contributed by atoms with E-state index in [0.717, 1.165) is 55.7 Å². The zero-order valence-corrected chi connectivity index (χ0v) is 19.2. The van der Waals surface area contributed by atoms with Crippen LogP contribution >= 0.6 is 22.7 Å². The predicted octanol–water partition coefficient (Wildman–Crippen LogP) is 4.02. The average molecular weight is 440 g/mol. The van der Waals surface area contributed by atoms with E-state index >= 15 is 0 Å². The summed E-state index contributed by atoms with van der Waals surface area (Å²) >= 11 is 3.59. The molecule has 1 aliphatic rings. The number of nitrogens with zero attached hydrogens (tertiary/aromatic N) is 3. The Balaban J connectivity index is 1.37. The summed E-state index contributed by atoms with van der Waals surface area (Å²) in [6, 6.07) is 13.4. The van der Waals surface area contributed by atoms with Crippen LogP contribution in [0.15, 0.2) is 52.2 Å². The number of hydrogen-bond acceptors (Lipinski definition) is 5. The Morgan fingerprint density at radius 2 is 2.07 bits per heavy atom. The molecule has 158 valence electrons. The van der Waals surface area contributed by atoms with E-state index in [1.54, 1.807) is 16.2 Å². The summed E-state index contributed by atoms with van der Waals surface area (Å²) in [6.45, 7) is 5.78. The second-order valence-electron chi connectivity index (χ2n) is 7.50. The molecule has 0 saturated heterocycles. The van der Waals surface area contributed by atoms with Crippen molar-refractivity contribution in [2.45, 2.75) is 32.4 Å². The molecule has 7 heteroatoms. The van der Waals surface area contributed by atoms with E-state index in [0.29, 0.717) is 6.04 Å². The Hall–Kier alpha value is -2.22.